The van der Waals surface area contributed by atoms with E-state index in [2.05, 4.69) is 11.3 Å². The van der Waals surface area contributed by atoms with Crippen LogP contribution in [0.4, 0.5) is 0 Å². The van der Waals surface area contributed by atoms with E-state index < -0.39 is 21.8 Å². The molecule has 7 heteroatoms. The van der Waals surface area contributed by atoms with E-state index in [4.69, 9.17) is 4.55 Å². The Balaban J connectivity index is -0.000000500. The van der Waals surface area contributed by atoms with Gasteiger partial charge in [0.2, 0.25) is 0 Å². The minimum Gasteiger partial charge on any atom is -1.00 e. The monoisotopic (exact) mass is 220 g/mol. The molecule has 0 aliphatic carbocycles. The first kappa shape index (κ1) is 15.2. The van der Waals surface area contributed by atoms with E-state index in [0.717, 1.165) is 6.08 Å². The molecule has 0 heterocycles. The molecule has 0 atom stereocenters. The quantitative estimate of drug-likeness (QED) is 0.232. The average Bonchev–Trinajstić information content (AvgIpc) is 1.85. The van der Waals surface area contributed by atoms with Crippen molar-refractivity contribution in [3.63, 3.8) is 0 Å². The van der Waals surface area contributed by atoms with Crippen molar-refractivity contribution in [1.29, 1.82) is 0 Å². The van der Waals surface area contributed by atoms with Crippen LogP contribution in [0.1, 0.15) is 1.43 Å². The molecule has 0 amide bonds. The summed E-state index contributed by atoms with van der Waals surface area (Å²) in [5.41, 5.74) is 0. The molecule has 0 aromatic carbocycles. The normalized spacial score (nSPS) is 9.75. The van der Waals surface area contributed by atoms with Gasteiger partial charge in [-0.2, -0.15) is 8.42 Å². The van der Waals surface area contributed by atoms with Gasteiger partial charge in [0.1, 0.15) is 12.4 Å². The van der Waals surface area contributed by atoms with E-state index in [1.807, 2.05) is 0 Å². The van der Waals surface area contributed by atoms with E-state index in [0.29, 0.717) is 0 Å². The zero-order valence-electron chi connectivity index (χ0n) is 7.69. The van der Waals surface area contributed by atoms with Crippen molar-refractivity contribution in [2.24, 2.45) is 0 Å². The van der Waals surface area contributed by atoms with Gasteiger partial charge >= 0.3 is 57.4 Å². The molecular formula is C5H9KO5S. The Morgan fingerprint density at radius 2 is 2.17 bits per heavy atom. The van der Waals surface area contributed by atoms with Crippen molar-refractivity contribution in [3.8, 4) is 0 Å². The Morgan fingerprint density at radius 1 is 1.67 bits per heavy atom. The number of ether oxygens (including phenoxy) is 1. The number of esters is 1. The molecule has 0 bridgehead atoms. The molecule has 0 saturated carbocycles. The molecule has 0 radical (unpaired) electrons. The Labute approximate surface area is 115 Å². The molecule has 0 rings (SSSR count). The molecule has 0 fully saturated rings. The van der Waals surface area contributed by atoms with Gasteiger partial charge in [0.25, 0.3) is 10.1 Å². The summed E-state index contributed by atoms with van der Waals surface area (Å²) >= 11 is 0. The van der Waals surface area contributed by atoms with E-state index >= 15 is 0 Å². The van der Waals surface area contributed by atoms with Crippen LogP contribution in [0.5, 0.6) is 0 Å². The SMILES string of the molecule is C=CC(=O)OCCS(=O)(=O)O.[H-].[K+]. The van der Waals surface area contributed by atoms with Crippen molar-refractivity contribution >= 4 is 16.1 Å². The van der Waals surface area contributed by atoms with Gasteiger partial charge in [0.15, 0.2) is 0 Å². The molecule has 0 aliphatic heterocycles. The Bertz CT molecular complexity index is 250. The third kappa shape index (κ3) is 10.8. The second kappa shape index (κ2) is 7.19. The van der Waals surface area contributed by atoms with Gasteiger partial charge < -0.3 is 6.16 Å². The van der Waals surface area contributed by atoms with Crippen LogP contribution in [0, 0.1) is 0 Å². The van der Waals surface area contributed by atoms with Crippen LogP contribution in [0.2, 0.25) is 0 Å². The third-order valence-electron chi connectivity index (χ3n) is 0.752. The Morgan fingerprint density at radius 3 is 2.50 bits per heavy atom. The maximum Gasteiger partial charge on any atom is 1.00 e. The van der Waals surface area contributed by atoms with Crippen LogP contribution in [0.3, 0.4) is 0 Å². The summed E-state index contributed by atoms with van der Waals surface area (Å²) in [6, 6.07) is 0. The maximum absolute atomic E-state index is 10.3. The first-order chi connectivity index (χ1) is 4.95. The van der Waals surface area contributed by atoms with Crippen molar-refractivity contribution < 1.29 is 75.3 Å². The van der Waals surface area contributed by atoms with Crippen LogP contribution < -0.4 is 51.4 Å². The molecule has 0 saturated heterocycles. The molecule has 0 spiro atoms. The number of hydrogen-bond acceptors (Lipinski definition) is 4. The van der Waals surface area contributed by atoms with Gasteiger partial charge in [0, 0.05) is 6.08 Å². The maximum atomic E-state index is 10.3. The molecule has 1 N–H and O–H groups in total. The standard InChI is InChI=1S/C5H8O5S.K.H/c1-2-5(6)10-3-4-11(7,8)9;;/h2H,1,3-4H2,(H,7,8,9);;/q;+1;-1. The van der Waals surface area contributed by atoms with Gasteiger partial charge in [0.05, 0.1) is 0 Å². The summed E-state index contributed by atoms with van der Waals surface area (Å²) in [6.45, 7) is 2.73. The summed E-state index contributed by atoms with van der Waals surface area (Å²) in [5, 5.41) is 0. The van der Waals surface area contributed by atoms with Crippen LogP contribution in [-0.2, 0) is 19.6 Å². The number of carbonyl (C=O) groups is 1. The number of hydrogen-bond donors (Lipinski definition) is 1. The molecular weight excluding hydrogens is 211 g/mol. The topological polar surface area (TPSA) is 80.7 Å². The van der Waals surface area contributed by atoms with Crippen molar-refractivity contribution in [3.05, 3.63) is 12.7 Å². The predicted molar refractivity (Wildman–Crippen MR) is 38.7 cm³/mol. The van der Waals surface area contributed by atoms with Crippen molar-refractivity contribution in [1.82, 2.24) is 0 Å². The van der Waals surface area contributed by atoms with Crippen LogP contribution in [0.25, 0.3) is 0 Å². The minimum atomic E-state index is -4.04. The number of rotatable bonds is 4. The summed E-state index contributed by atoms with van der Waals surface area (Å²) in [5.74, 6) is -1.30. The summed E-state index contributed by atoms with van der Waals surface area (Å²) in [4.78, 5) is 10.3. The van der Waals surface area contributed by atoms with E-state index in [1.165, 1.54) is 0 Å². The van der Waals surface area contributed by atoms with Gasteiger partial charge in [-0.1, -0.05) is 6.58 Å². The van der Waals surface area contributed by atoms with Crippen LogP contribution in [0.15, 0.2) is 12.7 Å². The summed E-state index contributed by atoms with van der Waals surface area (Å²) < 4.78 is 32.5. The molecule has 0 aromatic rings. The number of carbonyl (C=O) groups excluding carboxylic acids is 1. The molecule has 0 aromatic heterocycles. The fourth-order valence-electron chi connectivity index (χ4n) is 0.306. The van der Waals surface area contributed by atoms with Gasteiger partial charge in [-0.3, -0.25) is 4.55 Å². The van der Waals surface area contributed by atoms with E-state index in [-0.39, 0.29) is 59.4 Å². The van der Waals surface area contributed by atoms with Gasteiger partial charge in [-0.05, 0) is 0 Å². The third-order valence-corrected chi connectivity index (χ3v) is 1.43. The predicted octanol–water partition coefficient (Wildman–Crippen LogP) is -3.28. The minimum absolute atomic E-state index is 0. The molecule has 5 nitrogen and oxygen atoms in total. The van der Waals surface area contributed by atoms with Crippen molar-refractivity contribution in [2.75, 3.05) is 12.4 Å². The van der Waals surface area contributed by atoms with Gasteiger partial charge in [-0.25, -0.2) is 4.79 Å². The van der Waals surface area contributed by atoms with Gasteiger partial charge in [-0.15, -0.1) is 0 Å². The van der Waals surface area contributed by atoms with E-state index in [9.17, 15) is 13.2 Å². The Kier molecular flexibility index (Phi) is 9.13. The zero-order chi connectivity index (χ0) is 8.91. The average molecular weight is 220 g/mol. The molecule has 12 heavy (non-hydrogen) atoms. The summed E-state index contributed by atoms with van der Waals surface area (Å²) in [6.07, 6.45) is 0.907. The fourth-order valence-corrected chi connectivity index (χ4v) is 0.600. The zero-order valence-corrected chi connectivity index (χ0v) is 10.6. The first-order valence-corrected chi connectivity index (χ1v) is 4.31. The fraction of sp³-hybridized carbons (Fsp3) is 0.400. The smallest absolute Gasteiger partial charge is 1.00 e. The Hall–Kier alpha value is 0.756. The van der Waals surface area contributed by atoms with Crippen LogP contribution >= 0.6 is 0 Å². The molecule has 0 aliphatic rings. The summed E-state index contributed by atoms with van der Waals surface area (Å²) in [7, 11) is -4.04. The van der Waals surface area contributed by atoms with E-state index in [1.54, 1.807) is 0 Å². The second-order valence-corrected chi connectivity index (χ2v) is 3.23. The van der Waals surface area contributed by atoms with Crippen molar-refractivity contribution in [2.45, 2.75) is 0 Å². The molecule has 66 valence electrons. The molecule has 0 unspecified atom stereocenters. The largest absolute Gasteiger partial charge is 1.00 e. The van der Waals surface area contributed by atoms with Crippen LogP contribution in [-0.4, -0.2) is 31.3 Å². The second-order valence-electron chi connectivity index (χ2n) is 1.66. The first-order valence-electron chi connectivity index (χ1n) is 2.70.